The van der Waals surface area contributed by atoms with Gasteiger partial charge in [-0.05, 0) is 19.1 Å². The highest BCUT2D eigenvalue weighted by Crippen LogP contribution is 2.27. The largest absolute Gasteiger partial charge is 0.466 e. The summed E-state index contributed by atoms with van der Waals surface area (Å²) >= 11 is 3.01. The number of nitrogens with zero attached hydrogens (tertiary/aromatic N) is 1. The van der Waals surface area contributed by atoms with Crippen LogP contribution in [0.3, 0.4) is 0 Å². The first-order valence-corrected chi connectivity index (χ1v) is 5.53. The number of ether oxygens (including phenoxy) is 1. The van der Waals surface area contributed by atoms with Crippen LogP contribution in [0.5, 0.6) is 0 Å². The van der Waals surface area contributed by atoms with Crippen molar-refractivity contribution in [1.29, 1.82) is 0 Å². The molecule has 5 nitrogen and oxygen atoms in total. The van der Waals surface area contributed by atoms with Crippen LogP contribution < -0.4 is 0 Å². The minimum atomic E-state index is -0.983. The van der Waals surface area contributed by atoms with Crippen molar-refractivity contribution in [3.05, 3.63) is 38.1 Å². The summed E-state index contributed by atoms with van der Waals surface area (Å²) in [5.74, 6) is -1.61. The molecule has 1 aromatic carbocycles. The van der Waals surface area contributed by atoms with Gasteiger partial charge in [-0.25, -0.2) is 0 Å². The molecule has 0 bridgehead atoms. The Bertz CT molecular complexity index is 464. The fourth-order valence-electron chi connectivity index (χ4n) is 1.33. The Morgan fingerprint density at radius 1 is 1.59 bits per heavy atom. The zero-order chi connectivity index (χ0) is 13.0. The second-order valence-corrected chi connectivity index (χ2v) is 4.05. The van der Waals surface area contributed by atoms with Gasteiger partial charge >= 0.3 is 11.7 Å². The van der Waals surface area contributed by atoms with E-state index in [0.29, 0.717) is 4.47 Å². The van der Waals surface area contributed by atoms with Gasteiger partial charge in [0, 0.05) is 10.0 Å². The summed E-state index contributed by atoms with van der Waals surface area (Å²) < 4.78 is 18.4. The van der Waals surface area contributed by atoms with Crippen molar-refractivity contribution in [2.24, 2.45) is 0 Å². The molecule has 0 fully saturated rings. The van der Waals surface area contributed by atoms with E-state index in [1.54, 1.807) is 6.92 Å². The minimum absolute atomic E-state index is 0.0136. The number of rotatable bonds is 4. The first-order chi connectivity index (χ1) is 7.95. The number of hydrogen-bond donors (Lipinski definition) is 0. The molecule has 7 heteroatoms. The molecule has 0 spiro atoms. The smallest absolute Gasteiger partial charge is 0.310 e. The molecule has 0 atom stereocenters. The SMILES string of the molecule is CCOC(=O)Cc1cc(Br)cc(F)c1[N+](=O)[O-]. The Morgan fingerprint density at radius 2 is 2.24 bits per heavy atom. The average Bonchev–Trinajstić information content (AvgIpc) is 2.15. The number of carbonyl (C=O) groups is 1. The van der Waals surface area contributed by atoms with Crippen molar-refractivity contribution in [2.45, 2.75) is 13.3 Å². The summed E-state index contributed by atoms with van der Waals surface area (Å²) in [6.45, 7) is 1.79. The van der Waals surface area contributed by atoms with E-state index in [-0.39, 0.29) is 18.6 Å². The zero-order valence-electron chi connectivity index (χ0n) is 8.91. The molecule has 0 aliphatic rings. The third-order valence-electron chi connectivity index (χ3n) is 1.93. The van der Waals surface area contributed by atoms with Crippen molar-refractivity contribution >= 4 is 27.6 Å². The molecular weight excluding hydrogens is 297 g/mol. The van der Waals surface area contributed by atoms with Gasteiger partial charge in [-0.2, -0.15) is 4.39 Å². The molecule has 0 aromatic heterocycles. The van der Waals surface area contributed by atoms with Crippen LogP contribution in [0.4, 0.5) is 10.1 Å². The van der Waals surface area contributed by atoms with Crippen LogP contribution in [0.15, 0.2) is 16.6 Å². The van der Waals surface area contributed by atoms with Gasteiger partial charge in [-0.3, -0.25) is 14.9 Å². The maximum atomic E-state index is 13.4. The monoisotopic (exact) mass is 305 g/mol. The molecule has 0 amide bonds. The molecule has 0 saturated heterocycles. The first kappa shape index (κ1) is 13.6. The van der Waals surface area contributed by atoms with Crippen LogP contribution in [0.25, 0.3) is 0 Å². The van der Waals surface area contributed by atoms with Gasteiger partial charge in [0.15, 0.2) is 0 Å². The van der Waals surface area contributed by atoms with E-state index in [1.165, 1.54) is 6.07 Å². The van der Waals surface area contributed by atoms with Crippen LogP contribution in [0.2, 0.25) is 0 Å². The lowest BCUT2D eigenvalue weighted by atomic mass is 10.1. The number of esters is 1. The summed E-state index contributed by atoms with van der Waals surface area (Å²) in [4.78, 5) is 21.1. The van der Waals surface area contributed by atoms with E-state index < -0.39 is 22.4 Å². The second kappa shape index (κ2) is 5.72. The maximum absolute atomic E-state index is 13.4. The van der Waals surface area contributed by atoms with Crippen LogP contribution >= 0.6 is 15.9 Å². The molecule has 0 unspecified atom stereocenters. The third kappa shape index (κ3) is 3.48. The van der Waals surface area contributed by atoms with Gasteiger partial charge in [0.25, 0.3) is 0 Å². The molecule has 1 aromatic rings. The number of halogens is 2. The van der Waals surface area contributed by atoms with Crippen LogP contribution in [0, 0.1) is 15.9 Å². The molecule has 0 saturated carbocycles. The van der Waals surface area contributed by atoms with Gasteiger partial charge in [-0.1, -0.05) is 15.9 Å². The predicted octanol–water partition coefficient (Wildman–Crippen LogP) is 2.60. The number of hydrogen-bond acceptors (Lipinski definition) is 4. The van der Waals surface area contributed by atoms with Crippen molar-refractivity contribution in [2.75, 3.05) is 6.61 Å². The van der Waals surface area contributed by atoms with E-state index in [9.17, 15) is 19.3 Å². The Morgan fingerprint density at radius 3 is 2.76 bits per heavy atom. The maximum Gasteiger partial charge on any atom is 0.310 e. The van der Waals surface area contributed by atoms with Crippen LogP contribution in [-0.4, -0.2) is 17.5 Å². The number of nitro benzene ring substituents is 1. The van der Waals surface area contributed by atoms with Crippen molar-refractivity contribution in [3.63, 3.8) is 0 Å². The van der Waals surface area contributed by atoms with Crippen molar-refractivity contribution in [1.82, 2.24) is 0 Å². The Labute approximate surface area is 105 Å². The Hall–Kier alpha value is -1.50. The summed E-state index contributed by atoms with van der Waals surface area (Å²) in [7, 11) is 0. The van der Waals surface area contributed by atoms with Gasteiger partial charge in [-0.15, -0.1) is 0 Å². The molecule has 0 radical (unpaired) electrons. The average molecular weight is 306 g/mol. The van der Waals surface area contributed by atoms with Crippen molar-refractivity contribution in [3.8, 4) is 0 Å². The number of nitro groups is 1. The normalized spacial score (nSPS) is 10.1. The lowest BCUT2D eigenvalue weighted by molar-refractivity contribution is -0.388. The van der Waals surface area contributed by atoms with Gasteiger partial charge in [0.1, 0.15) is 0 Å². The van der Waals surface area contributed by atoms with E-state index in [0.717, 1.165) is 6.07 Å². The van der Waals surface area contributed by atoms with Crippen LogP contribution in [0.1, 0.15) is 12.5 Å². The van der Waals surface area contributed by atoms with Gasteiger partial charge < -0.3 is 4.74 Å². The molecule has 17 heavy (non-hydrogen) atoms. The summed E-state index contributed by atoms with van der Waals surface area (Å²) in [5.41, 5.74) is -0.707. The number of benzene rings is 1. The van der Waals surface area contributed by atoms with E-state index in [1.807, 2.05) is 0 Å². The van der Waals surface area contributed by atoms with Crippen LogP contribution in [-0.2, 0) is 16.0 Å². The highest BCUT2D eigenvalue weighted by Gasteiger charge is 2.23. The zero-order valence-corrected chi connectivity index (χ0v) is 10.5. The lowest BCUT2D eigenvalue weighted by Crippen LogP contribution is -2.10. The molecule has 92 valence electrons. The van der Waals surface area contributed by atoms with Gasteiger partial charge in [0.05, 0.1) is 18.0 Å². The minimum Gasteiger partial charge on any atom is -0.466 e. The number of carbonyl (C=O) groups excluding carboxylic acids is 1. The van der Waals surface area contributed by atoms with E-state index in [2.05, 4.69) is 20.7 Å². The molecule has 0 aliphatic carbocycles. The Balaban J connectivity index is 3.12. The third-order valence-corrected chi connectivity index (χ3v) is 2.39. The standard InChI is InChI=1S/C10H9BrFNO4/c1-2-17-9(14)4-6-3-7(11)5-8(12)10(6)13(15)16/h3,5H,2,4H2,1H3. The second-order valence-electron chi connectivity index (χ2n) is 3.13. The quantitative estimate of drug-likeness (QED) is 0.487. The lowest BCUT2D eigenvalue weighted by Gasteiger charge is -2.04. The van der Waals surface area contributed by atoms with Gasteiger partial charge in [0.2, 0.25) is 5.82 Å². The fraction of sp³-hybridized carbons (Fsp3) is 0.300. The molecular formula is C10H9BrFNO4. The van der Waals surface area contributed by atoms with E-state index in [4.69, 9.17) is 0 Å². The molecule has 0 heterocycles. The molecule has 0 N–H and O–H groups in total. The molecule has 1 rings (SSSR count). The summed E-state index contributed by atoms with van der Waals surface area (Å²) in [6, 6.07) is 2.31. The molecule has 0 aliphatic heterocycles. The fourth-order valence-corrected chi connectivity index (χ4v) is 1.80. The predicted molar refractivity (Wildman–Crippen MR) is 61.1 cm³/mol. The topological polar surface area (TPSA) is 69.4 Å². The van der Waals surface area contributed by atoms with E-state index >= 15 is 0 Å². The Kier molecular flexibility index (Phi) is 4.56. The first-order valence-electron chi connectivity index (χ1n) is 4.73. The highest BCUT2D eigenvalue weighted by molar-refractivity contribution is 9.10. The summed E-state index contributed by atoms with van der Waals surface area (Å²) in [6.07, 6.45) is -0.333. The van der Waals surface area contributed by atoms with Crippen molar-refractivity contribution < 1.29 is 18.8 Å². The summed E-state index contributed by atoms with van der Waals surface area (Å²) in [5, 5.41) is 10.7. The highest BCUT2D eigenvalue weighted by atomic mass is 79.9.